The summed E-state index contributed by atoms with van der Waals surface area (Å²) in [7, 11) is 1.53. The highest BCUT2D eigenvalue weighted by molar-refractivity contribution is 5.75. The molecule has 37 heavy (non-hydrogen) atoms. The number of aromatic nitrogens is 7. The molecule has 1 aliphatic rings. The van der Waals surface area contributed by atoms with Gasteiger partial charge in [0.25, 0.3) is 5.56 Å². The van der Waals surface area contributed by atoms with Crippen molar-refractivity contribution >= 4 is 11.1 Å². The first-order chi connectivity index (χ1) is 17.6. The van der Waals surface area contributed by atoms with Gasteiger partial charge >= 0.3 is 17.6 Å². The number of oxazole rings is 1. The number of halogens is 3. The SMILES string of the molecule is Cn1c(=O)oc2cc(-n3cc(-c4nn[nH]n4)c(=O)n(C4CCc5c4cccc5C(F)(F)F)c3=O)ccc21. The fourth-order valence-corrected chi connectivity index (χ4v) is 4.90. The van der Waals surface area contributed by atoms with Gasteiger partial charge in [-0.05, 0) is 47.4 Å². The first-order valence-electron chi connectivity index (χ1n) is 11.1. The standard InChI is InChI=1S/C23H16F3N7O4/c1-31-17-7-5-11(9-18(17)37-22(31)36)32-10-14(19-27-29-30-28-19)20(34)33(21(32)35)16-8-6-12-13(16)3-2-4-15(12)23(24,25)26/h2-5,7,9-10,16H,6,8H2,1H3,(H,27,28,29,30). The largest absolute Gasteiger partial charge is 0.419 e. The summed E-state index contributed by atoms with van der Waals surface area (Å²) in [5, 5.41) is 13.4. The van der Waals surface area contributed by atoms with E-state index in [2.05, 4.69) is 20.6 Å². The van der Waals surface area contributed by atoms with E-state index < -0.39 is 34.8 Å². The lowest BCUT2D eigenvalue weighted by Gasteiger charge is -2.19. The summed E-state index contributed by atoms with van der Waals surface area (Å²) in [5.41, 5.74) is -1.20. The zero-order valence-corrected chi connectivity index (χ0v) is 19.0. The van der Waals surface area contributed by atoms with Gasteiger partial charge in [-0.3, -0.25) is 18.5 Å². The molecule has 1 unspecified atom stereocenters. The average Bonchev–Trinajstić information content (AvgIpc) is 3.59. The fraction of sp³-hybridized carbons (Fsp3) is 0.217. The molecule has 11 nitrogen and oxygen atoms in total. The van der Waals surface area contributed by atoms with Crippen LogP contribution in [0.2, 0.25) is 0 Å². The first kappa shape index (κ1) is 22.7. The van der Waals surface area contributed by atoms with Crippen molar-refractivity contribution in [1.29, 1.82) is 0 Å². The molecule has 14 heteroatoms. The van der Waals surface area contributed by atoms with Crippen LogP contribution in [0.4, 0.5) is 13.2 Å². The Labute approximate surface area is 203 Å². The second-order valence-corrected chi connectivity index (χ2v) is 8.61. The number of hydrogen-bond donors (Lipinski definition) is 1. The van der Waals surface area contributed by atoms with E-state index in [4.69, 9.17) is 4.42 Å². The molecule has 0 amide bonds. The van der Waals surface area contributed by atoms with E-state index in [0.717, 1.165) is 15.2 Å². The second kappa shape index (κ2) is 7.88. The molecule has 0 spiro atoms. The lowest BCUT2D eigenvalue weighted by Crippen LogP contribution is -2.42. The summed E-state index contributed by atoms with van der Waals surface area (Å²) < 4.78 is 49.5. The normalized spacial score (nSPS) is 15.4. The zero-order chi connectivity index (χ0) is 26.1. The molecular weight excluding hydrogens is 495 g/mol. The lowest BCUT2D eigenvalue weighted by atomic mass is 10.0. The monoisotopic (exact) mass is 511 g/mol. The van der Waals surface area contributed by atoms with Gasteiger partial charge in [0.05, 0.1) is 22.8 Å². The number of aryl methyl sites for hydroxylation is 1. The number of fused-ring (bicyclic) bond motifs is 2. The maximum absolute atomic E-state index is 13.7. The maximum Gasteiger partial charge on any atom is 0.419 e. The zero-order valence-electron chi connectivity index (χ0n) is 19.0. The van der Waals surface area contributed by atoms with Crippen molar-refractivity contribution < 1.29 is 17.6 Å². The van der Waals surface area contributed by atoms with Crippen LogP contribution in [-0.2, 0) is 19.6 Å². The van der Waals surface area contributed by atoms with Gasteiger partial charge in [0.15, 0.2) is 5.58 Å². The summed E-state index contributed by atoms with van der Waals surface area (Å²) in [6.07, 6.45) is -3.20. The maximum atomic E-state index is 13.7. The van der Waals surface area contributed by atoms with Crippen molar-refractivity contribution in [2.24, 2.45) is 7.05 Å². The number of hydrogen-bond acceptors (Lipinski definition) is 7. The molecule has 3 heterocycles. The Hall–Kier alpha value is -4.75. The average molecular weight is 511 g/mol. The summed E-state index contributed by atoms with van der Waals surface area (Å²) in [6, 6.07) is 7.37. The number of rotatable bonds is 3. The van der Waals surface area contributed by atoms with Crippen LogP contribution in [0, 0.1) is 0 Å². The number of tetrazole rings is 1. The molecule has 1 aliphatic carbocycles. The van der Waals surface area contributed by atoms with Gasteiger partial charge in [0, 0.05) is 19.3 Å². The van der Waals surface area contributed by atoms with Gasteiger partial charge < -0.3 is 4.42 Å². The summed E-state index contributed by atoms with van der Waals surface area (Å²) in [5.74, 6) is -0.693. The number of H-pyrrole nitrogens is 1. The van der Waals surface area contributed by atoms with Crippen LogP contribution >= 0.6 is 0 Å². The summed E-state index contributed by atoms with van der Waals surface area (Å²) in [6.45, 7) is 0. The van der Waals surface area contributed by atoms with Crippen molar-refractivity contribution in [3.05, 3.63) is 90.7 Å². The van der Waals surface area contributed by atoms with Crippen molar-refractivity contribution in [3.63, 3.8) is 0 Å². The Balaban J connectivity index is 1.61. The van der Waals surface area contributed by atoms with Gasteiger partial charge in [-0.2, -0.15) is 18.4 Å². The molecule has 3 aromatic heterocycles. The van der Waals surface area contributed by atoms with Crippen LogP contribution < -0.4 is 17.0 Å². The molecule has 188 valence electrons. The van der Waals surface area contributed by atoms with Gasteiger partial charge in [0.2, 0.25) is 5.82 Å². The second-order valence-electron chi connectivity index (χ2n) is 8.61. The quantitative estimate of drug-likeness (QED) is 0.393. The van der Waals surface area contributed by atoms with Crippen molar-refractivity contribution in [2.75, 3.05) is 0 Å². The minimum Gasteiger partial charge on any atom is -0.408 e. The summed E-state index contributed by atoms with van der Waals surface area (Å²) >= 11 is 0. The number of benzene rings is 2. The van der Waals surface area contributed by atoms with Crippen LogP contribution in [0.5, 0.6) is 0 Å². The number of aromatic amines is 1. The van der Waals surface area contributed by atoms with E-state index in [0.29, 0.717) is 5.52 Å². The van der Waals surface area contributed by atoms with Gasteiger partial charge in [-0.15, -0.1) is 10.2 Å². The topological polar surface area (TPSA) is 134 Å². The third-order valence-electron chi connectivity index (χ3n) is 6.62. The number of alkyl halides is 3. The number of nitrogens with one attached hydrogen (secondary N) is 1. The van der Waals surface area contributed by atoms with Crippen molar-refractivity contribution in [3.8, 4) is 17.1 Å². The van der Waals surface area contributed by atoms with Crippen LogP contribution in [0.25, 0.3) is 28.2 Å². The molecule has 0 bridgehead atoms. The minimum absolute atomic E-state index is 0.0368. The predicted molar refractivity (Wildman–Crippen MR) is 122 cm³/mol. The molecule has 5 aromatic rings. The molecule has 0 aliphatic heterocycles. The van der Waals surface area contributed by atoms with Crippen molar-refractivity contribution in [1.82, 2.24) is 34.3 Å². The molecule has 0 radical (unpaired) electrons. The third kappa shape index (κ3) is 3.43. The van der Waals surface area contributed by atoms with Crippen LogP contribution in [0.3, 0.4) is 0 Å². The highest BCUT2D eigenvalue weighted by Gasteiger charge is 2.38. The van der Waals surface area contributed by atoms with Crippen LogP contribution in [-0.4, -0.2) is 34.3 Å². The Bertz CT molecular complexity index is 1860. The van der Waals surface area contributed by atoms with Crippen molar-refractivity contribution in [2.45, 2.75) is 25.1 Å². The Morgan fingerprint density at radius 2 is 1.95 bits per heavy atom. The lowest BCUT2D eigenvalue weighted by molar-refractivity contribution is -0.138. The van der Waals surface area contributed by atoms with Crippen LogP contribution in [0.15, 0.2) is 61.4 Å². The highest BCUT2D eigenvalue weighted by Crippen LogP contribution is 2.41. The van der Waals surface area contributed by atoms with Gasteiger partial charge in [0.1, 0.15) is 5.56 Å². The Morgan fingerprint density at radius 3 is 2.68 bits per heavy atom. The van der Waals surface area contributed by atoms with E-state index in [-0.39, 0.29) is 46.6 Å². The predicted octanol–water partition coefficient (Wildman–Crippen LogP) is 2.18. The van der Waals surface area contributed by atoms with Crippen LogP contribution in [0.1, 0.15) is 29.2 Å². The Kier molecular flexibility index (Phi) is 4.83. The van der Waals surface area contributed by atoms with E-state index >= 15 is 0 Å². The fourth-order valence-electron chi connectivity index (χ4n) is 4.90. The molecule has 0 saturated carbocycles. The molecule has 2 aromatic carbocycles. The molecule has 0 fully saturated rings. The summed E-state index contributed by atoms with van der Waals surface area (Å²) in [4.78, 5) is 39.2. The van der Waals surface area contributed by atoms with E-state index in [9.17, 15) is 27.6 Å². The van der Waals surface area contributed by atoms with Gasteiger partial charge in [-0.25, -0.2) is 9.59 Å². The highest BCUT2D eigenvalue weighted by atomic mass is 19.4. The van der Waals surface area contributed by atoms with Gasteiger partial charge in [-0.1, -0.05) is 12.1 Å². The Morgan fingerprint density at radius 1 is 1.14 bits per heavy atom. The molecule has 0 saturated heterocycles. The first-order valence-corrected chi connectivity index (χ1v) is 11.1. The van der Waals surface area contributed by atoms with E-state index in [1.165, 1.54) is 36.0 Å². The third-order valence-corrected chi connectivity index (χ3v) is 6.62. The van der Waals surface area contributed by atoms with E-state index in [1.54, 1.807) is 12.1 Å². The molecular formula is C23H16F3N7O4. The smallest absolute Gasteiger partial charge is 0.408 e. The molecule has 1 N–H and O–H groups in total. The number of nitrogens with zero attached hydrogens (tertiary/aromatic N) is 6. The molecule has 6 rings (SSSR count). The van der Waals surface area contributed by atoms with E-state index in [1.807, 2.05) is 0 Å². The minimum atomic E-state index is -4.58. The molecule has 1 atom stereocenters.